The Morgan fingerprint density at radius 1 is 1.48 bits per heavy atom. The second-order valence-corrected chi connectivity index (χ2v) is 7.38. The minimum absolute atomic E-state index is 0.122. The molecule has 1 aliphatic carbocycles. The van der Waals surface area contributed by atoms with E-state index in [1.54, 1.807) is 13.1 Å². The van der Waals surface area contributed by atoms with E-state index in [9.17, 15) is 9.90 Å². The summed E-state index contributed by atoms with van der Waals surface area (Å²) in [7, 11) is 0. The summed E-state index contributed by atoms with van der Waals surface area (Å²) in [6.07, 6.45) is 8.37. The van der Waals surface area contributed by atoms with Crippen LogP contribution in [-0.4, -0.2) is 58.8 Å². The molecule has 1 atom stereocenters. The maximum Gasteiger partial charge on any atom is 0.343 e. The summed E-state index contributed by atoms with van der Waals surface area (Å²) in [4.78, 5) is 23.5. The van der Waals surface area contributed by atoms with Crippen LogP contribution in [0.5, 0.6) is 0 Å². The van der Waals surface area contributed by atoms with E-state index in [1.807, 2.05) is 6.26 Å². The van der Waals surface area contributed by atoms with Crippen molar-refractivity contribution in [3.05, 3.63) is 11.8 Å². The molecule has 2 N–H and O–H groups in total. The molecule has 1 saturated heterocycles. The van der Waals surface area contributed by atoms with Crippen LogP contribution >= 0.6 is 11.8 Å². The lowest BCUT2D eigenvalue weighted by molar-refractivity contribution is 0.0521. The van der Waals surface area contributed by atoms with E-state index in [4.69, 9.17) is 4.74 Å². The van der Waals surface area contributed by atoms with Crippen LogP contribution in [0.25, 0.3) is 0 Å². The SMILES string of the molecule is CCOC(=O)c1cnc(SC)nc1N1CC(O)NCC12CCCCC2. The van der Waals surface area contributed by atoms with Crippen molar-refractivity contribution in [2.45, 2.75) is 56.0 Å². The number of carbonyl (C=O) groups excluding carboxylic acids is 1. The fourth-order valence-electron chi connectivity index (χ4n) is 3.82. The number of carbonyl (C=O) groups is 1. The number of nitrogens with zero attached hydrogens (tertiary/aromatic N) is 3. The smallest absolute Gasteiger partial charge is 0.343 e. The molecule has 1 unspecified atom stereocenters. The molecule has 2 fully saturated rings. The largest absolute Gasteiger partial charge is 0.462 e. The lowest BCUT2D eigenvalue weighted by Crippen LogP contribution is -2.66. The average molecular weight is 366 g/mol. The molecule has 1 aromatic heterocycles. The number of hydrogen-bond donors (Lipinski definition) is 2. The summed E-state index contributed by atoms with van der Waals surface area (Å²) in [6.45, 7) is 3.18. The van der Waals surface area contributed by atoms with Crippen LogP contribution in [0.3, 0.4) is 0 Å². The Bertz CT molecular complexity index is 622. The van der Waals surface area contributed by atoms with E-state index in [0.717, 1.165) is 25.7 Å². The van der Waals surface area contributed by atoms with Crippen molar-refractivity contribution in [3.63, 3.8) is 0 Å². The second kappa shape index (κ2) is 7.88. The number of anilines is 1. The number of ether oxygens (including phenoxy) is 1. The van der Waals surface area contributed by atoms with Crippen molar-refractivity contribution in [1.29, 1.82) is 0 Å². The molecule has 25 heavy (non-hydrogen) atoms. The molecular formula is C17H26N4O3S. The Morgan fingerprint density at radius 3 is 2.92 bits per heavy atom. The molecule has 0 amide bonds. The zero-order valence-electron chi connectivity index (χ0n) is 14.8. The summed E-state index contributed by atoms with van der Waals surface area (Å²) in [5.41, 5.74) is 0.252. The normalized spacial score (nSPS) is 22.8. The number of thioether (sulfide) groups is 1. The van der Waals surface area contributed by atoms with Gasteiger partial charge in [-0.25, -0.2) is 14.8 Å². The van der Waals surface area contributed by atoms with E-state index < -0.39 is 12.2 Å². The first-order valence-corrected chi connectivity index (χ1v) is 10.1. The quantitative estimate of drug-likeness (QED) is 0.474. The number of rotatable bonds is 4. The molecule has 7 nitrogen and oxygen atoms in total. The van der Waals surface area contributed by atoms with Crippen molar-refractivity contribution in [2.24, 2.45) is 0 Å². The van der Waals surface area contributed by atoms with Gasteiger partial charge in [0, 0.05) is 12.7 Å². The van der Waals surface area contributed by atoms with Crippen molar-refractivity contribution in [2.75, 3.05) is 30.9 Å². The fourth-order valence-corrected chi connectivity index (χ4v) is 4.15. The van der Waals surface area contributed by atoms with Crippen LogP contribution in [0, 0.1) is 0 Å². The van der Waals surface area contributed by atoms with Gasteiger partial charge >= 0.3 is 5.97 Å². The molecule has 1 aromatic rings. The molecule has 0 aromatic carbocycles. The van der Waals surface area contributed by atoms with Gasteiger partial charge in [0.15, 0.2) is 5.16 Å². The molecule has 138 valence electrons. The second-order valence-electron chi connectivity index (χ2n) is 6.61. The molecular weight excluding hydrogens is 340 g/mol. The van der Waals surface area contributed by atoms with E-state index >= 15 is 0 Å². The third kappa shape index (κ3) is 3.75. The number of aromatic nitrogens is 2. The number of hydrogen-bond acceptors (Lipinski definition) is 8. The molecule has 0 bridgehead atoms. The van der Waals surface area contributed by atoms with Gasteiger partial charge in [-0.1, -0.05) is 31.0 Å². The van der Waals surface area contributed by atoms with Crippen molar-refractivity contribution < 1.29 is 14.6 Å². The van der Waals surface area contributed by atoms with Crippen LogP contribution < -0.4 is 10.2 Å². The van der Waals surface area contributed by atoms with Crippen LogP contribution in [0.2, 0.25) is 0 Å². The highest BCUT2D eigenvalue weighted by Crippen LogP contribution is 2.39. The average Bonchev–Trinajstić information content (AvgIpc) is 2.64. The third-order valence-electron chi connectivity index (χ3n) is 5.06. The highest BCUT2D eigenvalue weighted by atomic mass is 32.2. The molecule has 1 spiro atoms. The Labute approximate surface area is 152 Å². The number of aliphatic hydroxyl groups is 1. The standard InChI is InChI=1S/C17H26N4O3S/c1-3-24-15(23)12-9-18-16(25-2)20-14(12)21-10-13(22)19-11-17(21)7-5-4-6-8-17/h9,13,19,22H,3-8,10-11H2,1-2H3. The number of esters is 1. The predicted molar refractivity (Wildman–Crippen MR) is 96.9 cm³/mol. The van der Waals surface area contributed by atoms with Gasteiger partial charge in [0.25, 0.3) is 0 Å². The van der Waals surface area contributed by atoms with Gasteiger partial charge in [-0.15, -0.1) is 0 Å². The molecule has 2 aliphatic rings. The summed E-state index contributed by atoms with van der Waals surface area (Å²) in [5, 5.41) is 14.0. The Kier molecular flexibility index (Phi) is 5.81. The first-order valence-electron chi connectivity index (χ1n) is 8.87. The Balaban J connectivity index is 2.05. The highest BCUT2D eigenvalue weighted by molar-refractivity contribution is 7.98. The third-order valence-corrected chi connectivity index (χ3v) is 5.62. The number of β-amino-alcohol motifs (C(OH)–C–C–N with tert-alkyl or cyclic N) is 1. The van der Waals surface area contributed by atoms with Crippen molar-refractivity contribution in [3.8, 4) is 0 Å². The molecule has 3 rings (SSSR count). The molecule has 1 saturated carbocycles. The number of piperazine rings is 1. The molecule has 2 heterocycles. The van der Waals surface area contributed by atoms with Gasteiger partial charge in [0.05, 0.1) is 18.7 Å². The van der Waals surface area contributed by atoms with Gasteiger partial charge in [-0.2, -0.15) is 0 Å². The maximum absolute atomic E-state index is 12.4. The summed E-state index contributed by atoms with van der Waals surface area (Å²) >= 11 is 1.44. The predicted octanol–water partition coefficient (Wildman–Crippen LogP) is 1.81. The molecule has 1 aliphatic heterocycles. The van der Waals surface area contributed by atoms with Crippen LogP contribution in [0.15, 0.2) is 11.4 Å². The number of aliphatic hydroxyl groups excluding tert-OH is 1. The fraction of sp³-hybridized carbons (Fsp3) is 0.706. The molecule has 0 radical (unpaired) electrons. The summed E-state index contributed by atoms with van der Waals surface area (Å²) in [5.74, 6) is 0.171. The van der Waals surface area contributed by atoms with Crippen LogP contribution in [0.1, 0.15) is 49.4 Å². The molecule has 8 heteroatoms. The zero-order chi connectivity index (χ0) is 17.9. The van der Waals surface area contributed by atoms with Gasteiger partial charge in [-0.3, -0.25) is 5.32 Å². The first-order chi connectivity index (χ1) is 12.1. The van der Waals surface area contributed by atoms with Gasteiger partial charge in [0.2, 0.25) is 0 Å². The van der Waals surface area contributed by atoms with E-state index in [1.165, 1.54) is 18.2 Å². The minimum atomic E-state index is -0.643. The maximum atomic E-state index is 12.4. The lowest BCUT2D eigenvalue weighted by Gasteiger charge is -2.52. The summed E-state index contributed by atoms with van der Waals surface area (Å²) in [6, 6.07) is 0. The van der Waals surface area contributed by atoms with Crippen molar-refractivity contribution in [1.82, 2.24) is 15.3 Å². The Hall–Kier alpha value is -1.38. The monoisotopic (exact) mass is 366 g/mol. The Morgan fingerprint density at radius 2 is 2.24 bits per heavy atom. The van der Waals surface area contributed by atoms with Crippen LogP contribution in [-0.2, 0) is 4.74 Å². The van der Waals surface area contributed by atoms with Crippen LogP contribution in [0.4, 0.5) is 5.82 Å². The van der Waals surface area contributed by atoms with E-state index in [0.29, 0.717) is 36.2 Å². The van der Waals surface area contributed by atoms with Gasteiger partial charge < -0.3 is 14.7 Å². The van der Waals surface area contributed by atoms with E-state index in [-0.39, 0.29) is 5.54 Å². The van der Waals surface area contributed by atoms with Gasteiger partial charge in [0.1, 0.15) is 17.6 Å². The lowest BCUT2D eigenvalue weighted by atomic mass is 9.78. The summed E-state index contributed by atoms with van der Waals surface area (Å²) < 4.78 is 5.21. The topological polar surface area (TPSA) is 87.6 Å². The highest BCUT2D eigenvalue weighted by Gasteiger charge is 2.44. The minimum Gasteiger partial charge on any atom is -0.462 e. The van der Waals surface area contributed by atoms with Crippen molar-refractivity contribution >= 4 is 23.5 Å². The van der Waals surface area contributed by atoms with E-state index in [2.05, 4.69) is 20.2 Å². The zero-order valence-corrected chi connectivity index (χ0v) is 15.6. The number of nitrogens with one attached hydrogen (secondary N) is 1. The first kappa shape index (κ1) is 18.4. The van der Waals surface area contributed by atoms with Gasteiger partial charge in [-0.05, 0) is 26.0 Å².